The van der Waals surface area contributed by atoms with Crippen LogP contribution in [0, 0.1) is 5.92 Å². The second-order valence-corrected chi connectivity index (χ2v) is 11.6. The second-order valence-electron chi connectivity index (χ2n) is 11.6. The first-order chi connectivity index (χ1) is 19.7. The molecule has 0 saturated heterocycles. The van der Waals surface area contributed by atoms with E-state index in [0.717, 1.165) is 47.7 Å². The molecule has 1 heterocycles. The van der Waals surface area contributed by atoms with Gasteiger partial charge in [-0.3, -0.25) is 4.79 Å². The molecule has 0 radical (unpaired) electrons. The first-order valence-corrected chi connectivity index (χ1v) is 15.9. The topological polar surface area (TPSA) is 52.1 Å². The number of aromatic nitrogens is 2. The minimum atomic E-state index is -0.134. The van der Waals surface area contributed by atoms with Gasteiger partial charge in [-0.2, -0.15) is 0 Å². The molecule has 4 rings (SSSR count). The molecular weight excluding hydrogens is 492 g/mol. The standard InChI is InChI=1S/C36H48N2O2/c1-2-3-4-9-17-30-27-37-36(38-28-30)33-21-19-31(20-22-33)32-23-25-34(26-24-32)40-35(39)18-11-8-6-5-7-10-14-29-15-12-13-16-29/h19-29H,2-18H2,1H3. The number of carbonyl (C=O) groups is 1. The van der Waals surface area contributed by atoms with Crippen molar-refractivity contribution in [1.82, 2.24) is 9.97 Å². The average Bonchev–Trinajstić information content (AvgIpc) is 3.51. The van der Waals surface area contributed by atoms with Crippen molar-refractivity contribution in [2.24, 2.45) is 5.92 Å². The maximum absolute atomic E-state index is 12.3. The minimum Gasteiger partial charge on any atom is -0.427 e. The Morgan fingerprint density at radius 3 is 1.98 bits per heavy atom. The average molecular weight is 541 g/mol. The van der Waals surface area contributed by atoms with E-state index in [1.165, 1.54) is 89.0 Å². The highest BCUT2D eigenvalue weighted by molar-refractivity contribution is 5.73. The third-order valence-electron chi connectivity index (χ3n) is 8.30. The van der Waals surface area contributed by atoms with E-state index in [1.807, 2.05) is 36.7 Å². The number of nitrogens with zero attached hydrogens (tertiary/aromatic N) is 2. The normalized spacial score (nSPS) is 13.5. The molecule has 1 aliphatic rings. The number of unbranched alkanes of at least 4 members (excludes halogenated alkanes) is 8. The van der Waals surface area contributed by atoms with Crippen LogP contribution in [0.2, 0.25) is 0 Å². The fourth-order valence-electron chi connectivity index (χ4n) is 5.81. The zero-order chi connectivity index (χ0) is 27.8. The molecule has 0 aliphatic heterocycles. The Balaban J connectivity index is 1.14. The molecule has 4 nitrogen and oxygen atoms in total. The summed E-state index contributed by atoms with van der Waals surface area (Å²) in [6.07, 6.45) is 25.0. The first kappa shape index (κ1) is 30.0. The van der Waals surface area contributed by atoms with Gasteiger partial charge in [0.05, 0.1) is 0 Å². The van der Waals surface area contributed by atoms with E-state index in [2.05, 4.69) is 41.2 Å². The summed E-state index contributed by atoms with van der Waals surface area (Å²) in [6.45, 7) is 2.23. The molecule has 1 aromatic heterocycles. The molecule has 4 heteroatoms. The van der Waals surface area contributed by atoms with Crippen molar-refractivity contribution < 1.29 is 9.53 Å². The van der Waals surface area contributed by atoms with Crippen LogP contribution in [0.5, 0.6) is 5.75 Å². The molecule has 0 atom stereocenters. The smallest absolute Gasteiger partial charge is 0.311 e. The van der Waals surface area contributed by atoms with E-state index in [1.54, 1.807) is 0 Å². The van der Waals surface area contributed by atoms with Gasteiger partial charge in [-0.25, -0.2) is 9.97 Å². The van der Waals surface area contributed by atoms with Gasteiger partial charge in [0.1, 0.15) is 5.75 Å². The number of benzene rings is 2. The van der Waals surface area contributed by atoms with Crippen molar-refractivity contribution in [1.29, 1.82) is 0 Å². The Morgan fingerprint density at radius 2 is 1.30 bits per heavy atom. The van der Waals surface area contributed by atoms with Gasteiger partial charge >= 0.3 is 5.97 Å². The van der Waals surface area contributed by atoms with Crippen molar-refractivity contribution in [2.75, 3.05) is 0 Å². The minimum absolute atomic E-state index is 0.134. The van der Waals surface area contributed by atoms with Crippen molar-refractivity contribution in [2.45, 2.75) is 116 Å². The SMILES string of the molecule is CCCCCCc1cnc(-c2ccc(-c3ccc(OC(=O)CCCCCCCCC4CCCC4)cc3)cc2)nc1. The van der Waals surface area contributed by atoms with Gasteiger partial charge in [-0.15, -0.1) is 0 Å². The first-order valence-electron chi connectivity index (χ1n) is 15.9. The van der Waals surface area contributed by atoms with Crippen LogP contribution in [0.1, 0.15) is 115 Å². The van der Waals surface area contributed by atoms with E-state index in [-0.39, 0.29) is 5.97 Å². The molecule has 0 unspecified atom stereocenters. The van der Waals surface area contributed by atoms with Gasteiger partial charge < -0.3 is 4.74 Å². The van der Waals surface area contributed by atoms with Crippen LogP contribution in [-0.2, 0) is 11.2 Å². The molecule has 0 amide bonds. The van der Waals surface area contributed by atoms with Gasteiger partial charge in [0.15, 0.2) is 5.82 Å². The van der Waals surface area contributed by atoms with Gasteiger partial charge in [0, 0.05) is 24.4 Å². The molecule has 1 aliphatic carbocycles. The van der Waals surface area contributed by atoms with Gasteiger partial charge in [0.2, 0.25) is 0 Å². The largest absolute Gasteiger partial charge is 0.427 e. The lowest BCUT2D eigenvalue weighted by molar-refractivity contribution is -0.134. The van der Waals surface area contributed by atoms with Crippen LogP contribution in [0.15, 0.2) is 60.9 Å². The zero-order valence-corrected chi connectivity index (χ0v) is 24.6. The van der Waals surface area contributed by atoms with Crippen LogP contribution < -0.4 is 4.74 Å². The van der Waals surface area contributed by atoms with Crippen LogP contribution >= 0.6 is 0 Å². The Kier molecular flexibility index (Phi) is 12.7. The van der Waals surface area contributed by atoms with Gasteiger partial charge in [-0.05, 0) is 54.0 Å². The van der Waals surface area contributed by atoms with Crippen molar-refractivity contribution in [3.63, 3.8) is 0 Å². The molecular formula is C36H48N2O2. The predicted molar refractivity (Wildman–Crippen MR) is 165 cm³/mol. The molecule has 1 saturated carbocycles. The summed E-state index contributed by atoms with van der Waals surface area (Å²) in [5, 5.41) is 0. The summed E-state index contributed by atoms with van der Waals surface area (Å²) >= 11 is 0. The number of rotatable bonds is 17. The summed E-state index contributed by atoms with van der Waals surface area (Å²) < 4.78 is 5.57. The van der Waals surface area contributed by atoms with E-state index in [0.29, 0.717) is 12.2 Å². The number of ether oxygens (including phenoxy) is 1. The monoisotopic (exact) mass is 540 g/mol. The van der Waals surface area contributed by atoms with Crippen molar-refractivity contribution in [3.8, 4) is 28.3 Å². The Labute approximate surface area is 242 Å². The fraction of sp³-hybridized carbons (Fsp3) is 0.528. The van der Waals surface area contributed by atoms with E-state index < -0.39 is 0 Å². The number of esters is 1. The summed E-state index contributed by atoms with van der Waals surface area (Å²) in [4.78, 5) is 21.5. The summed E-state index contributed by atoms with van der Waals surface area (Å²) in [6, 6.07) is 16.1. The van der Waals surface area contributed by atoms with Crippen molar-refractivity contribution >= 4 is 5.97 Å². The second kappa shape index (κ2) is 16.9. The molecule has 2 aromatic carbocycles. The highest BCUT2D eigenvalue weighted by Crippen LogP contribution is 2.29. The maximum atomic E-state index is 12.3. The van der Waals surface area contributed by atoms with Gasteiger partial charge in [-0.1, -0.05) is 127 Å². The van der Waals surface area contributed by atoms with E-state index >= 15 is 0 Å². The molecule has 0 bridgehead atoms. The van der Waals surface area contributed by atoms with Crippen LogP contribution in [0.3, 0.4) is 0 Å². The third kappa shape index (κ3) is 10.2. The van der Waals surface area contributed by atoms with E-state index in [9.17, 15) is 4.79 Å². The van der Waals surface area contributed by atoms with Gasteiger partial charge in [0.25, 0.3) is 0 Å². The third-order valence-corrected chi connectivity index (χ3v) is 8.30. The number of carbonyl (C=O) groups excluding carboxylic acids is 1. The predicted octanol–water partition coefficient (Wildman–Crippen LogP) is 10.1. The number of hydrogen-bond acceptors (Lipinski definition) is 4. The Bertz CT molecular complexity index is 1120. The molecule has 0 N–H and O–H groups in total. The summed E-state index contributed by atoms with van der Waals surface area (Å²) in [5.74, 6) is 2.24. The lowest BCUT2D eigenvalue weighted by atomic mass is 9.99. The molecule has 1 fully saturated rings. The Morgan fingerprint density at radius 1 is 0.725 bits per heavy atom. The number of aryl methyl sites for hydroxylation is 1. The highest BCUT2D eigenvalue weighted by Gasteiger charge is 2.14. The van der Waals surface area contributed by atoms with Crippen LogP contribution in [0.25, 0.3) is 22.5 Å². The molecule has 40 heavy (non-hydrogen) atoms. The number of hydrogen-bond donors (Lipinski definition) is 0. The molecule has 0 spiro atoms. The van der Waals surface area contributed by atoms with Crippen LogP contribution in [0.4, 0.5) is 0 Å². The van der Waals surface area contributed by atoms with Crippen molar-refractivity contribution in [3.05, 3.63) is 66.5 Å². The highest BCUT2D eigenvalue weighted by atomic mass is 16.5. The Hall–Kier alpha value is -3.01. The quantitative estimate of drug-likeness (QED) is 0.0971. The summed E-state index contributed by atoms with van der Waals surface area (Å²) in [5.41, 5.74) is 4.41. The molecule has 3 aromatic rings. The van der Waals surface area contributed by atoms with Crippen LogP contribution in [-0.4, -0.2) is 15.9 Å². The maximum Gasteiger partial charge on any atom is 0.311 e. The lowest BCUT2D eigenvalue weighted by Crippen LogP contribution is -2.07. The zero-order valence-electron chi connectivity index (χ0n) is 24.6. The summed E-state index contributed by atoms with van der Waals surface area (Å²) in [7, 11) is 0. The lowest BCUT2D eigenvalue weighted by Gasteiger charge is -2.08. The fourth-order valence-corrected chi connectivity index (χ4v) is 5.81. The van der Waals surface area contributed by atoms with E-state index in [4.69, 9.17) is 4.74 Å². The molecule has 214 valence electrons.